The van der Waals surface area contributed by atoms with Crippen molar-refractivity contribution in [2.45, 2.75) is 56.8 Å². The molecular weight excluding hydrogens is 264 g/mol. The number of amides is 1. The second kappa shape index (κ2) is 7.05. The summed E-state index contributed by atoms with van der Waals surface area (Å²) in [5.41, 5.74) is 1.15. The summed E-state index contributed by atoms with van der Waals surface area (Å²) in [5, 5.41) is 6.75. The molecule has 1 aromatic rings. The number of fused-ring (bicyclic) bond motifs is 2. The molecule has 2 heterocycles. The van der Waals surface area contributed by atoms with Crippen molar-refractivity contribution >= 4 is 5.91 Å². The highest BCUT2D eigenvalue weighted by Gasteiger charge is 2.33. The van der Waals surface area contributed by atoms with E-state index in [1.807, 2.05) is 30.3 Å². The monoisotopic (exact) mass is 288 g/mol. The van der Waals surface area contributed by atoms with E-state index in [2.05, 4.69) is 10.6 Å². The van der Waals surface area contributed by atoms with Gasteiger partial charge in [0.05, 0.1) is 13.2 Å². The molecule has 21 heavy (non-hydrogen) atoms. The van der Waals surface area contributed by atoms with Crippen LogP contribution in [-0.2, 0) is 16.1 Å². The summed E-state index contributed by atoms with van der Waals surface area (Å²) >= 11 is 0. The molecule has 2 atom stereocenters. The van der Waals surface area contributed by atoms with E-state index < -0.39 is 0 Å². The van der Waals surface area contributed by atoms with Gasteiger partial charge in [-0.3, -0.25) is 4.79 Å². The molecule has 2 aliphatic rings. The highest BCUT2D eigenvalue weighted by Crippen LogP contribution is 2.26. The first-order chi connectivity index (χ1) is 10.3. The van der Waals surface area contributed by atoms with Crippen molar-refractivity contribution in [3.63, 3.8) is 0 Å². The molecule has 0 aliphatic carbocycles. The van der Waals surface area contributed by atoms with Gasteiger partial charge in [-0.05, 0) is 31.2 Å². The lowest BCUT2D eigenvalue weighted by molar-refractivity contribution is -0.123. The van der Waals surface area contributed by atoms with Crippen molar-refractivity contribution in [3.8, 4) is 0 Å². The Hall–Kier alpha value is -1.39. The molecule has 2 N–H and O–H groups in total. The lowest BCUT2D eigenvalue weighted by Gasteiger charge is -2.29. The van der Waals surface area contributed by atoms with E-state index in [9.17, 15) is 4.79 Å². The number of piperidine rings is 1. The third-order valence-electron chi connectivity index (χ3n) is 4.42. The third kappa shape index (κ3) is 4.29. The Morgan fingerprint density at radius 3 is 2.62 bits per heavy atom. The fourth-order valence-corrected chi connectivity index (χ4v) is 3.40. The Balaban J connectivity index is 1.31. The van der Waals surface area contributed by atoms with Crippen molar-refractivity contribution in [1.82, 2.24) is 10.6 Å². The average Bonchev–Trinajstić information content (AvgIpc) is 2.84. The maximum absolute atomic E-state index is 11.9. The minimum atomic E-state index is 0.120. The topological polar surface area (TPSA) is 50.4 Å². The molecule has 0 saturated carbocycles. The first kappa shape index (κ1) is 14.5. The van der Waals surface area contributed by atoms with E-state index >= 15 is 0 Å². The summed E-state index contributed by atoms with van der Waals surface area (Å²) in [4.78, 5) is 11.9. The van der Waals surface area contributed by atoms with Crippen LogP contribution < -0.4 is 10.6 Å². The fraction of sp³-hybridized carbons (Fsp3) is 0.588. The molecule has 0 aromatic heterocycles. The molecule has 1 aromatic carbocycles. The average molecular weight is 288 g/mol. The molecule has 2 unspecified atom stereocenters. The van der Waals surface area contributed by atoms with E-state index in [1.165, 1.54) is 12.8 Å². The summed E-state index contributed by atoms with van der Waals surface area (Å²) in [7, 11) is 0. The van der Waals surface area contributed by atoms with Gasteiger partial charge in [-0.1, -0.05) is 30.3 Å². The lowest BCUT2D eigenvalue weighted by Crippen LogP contribution is -2.48. The predicted molar refractivity (Wildman–Crippen MR) is 81.8 cm³/mol. The number of hydrogen-bond acceptors (Lipinski definition) is 3. The van der Waals surface area contributed by atoms with Crippen LogP contribution in [0.4, 0.5) is 0 Å². The molecule has 4 heteroatoms. The van der Waals surface area contributed by atoms with Gasteiger partial charge in [0.1, 0.15) is 0 Å². The van der Waals surface area contributed by atoms with Gasteiger partial charge in [-0.2, -0.15) is 0 Å². The number of hydrogen-bond donors (Lipinski definition) is 2. The Labute approximate surface area is 126 Å². The van der Waals surface area contributed by atoms with Gasteiger partial charge in [0.25, 0.3) is 0 Å². The van der Waals surface area contributed by atoms with E-state index in [0.29, 0.717) is 37.8 Å². The second-order valence-corrected chi connectivity index (χ2v) is 6.16. The lowest BCUT2D eigenvalue weighted by atomic mass is 10.00. The summed E-state index contributed by atoms with van der Waals surface area (Å²) < 4.78 is 5.56. The first-order valence-electron chi connectivity index (χ1n) is 7.96. The normalized spacial score (nSPS) is 27.5. The third-order valence-corrected chi connectivity index (χ3v) is 4.42. The summed E-state index contributed by atoms with van der Waals surface area (Å²) in [6.45, 7) is 1.06. The zero-order chi connectivity index (χ0) is 14.5. The molecular formula is C17H24N2O2. The van der Waals surface area contributed by atoms with Crippen LogP contribution in [-0.4, -0.2) is 30.6 Å². The molecule has 0 spiro atoms. The first-order valence-corrected chi connectivity index (χ1v) is 7.96. The number of ether oxygens (including phenoxy) is 1. The Bertz CT molecular complexity index is 451. The van der Waals surface area contributed by atoms with Crippen LogP contribution in [0.1, 0.15) is 37.7 Å². The zero-order valence-corrected chi connectivity index (χ0v) is 12.4. The smallest absolute Gasteiger partial charge is 0.222 e. The molecule has 2 fully saturated rings. The SMILES string of the molecule is O=C(CCOCc1ccccc1)NC1CC2CCC(C1)N2. The minimum absolute atomic E-state index is 0.120. The van der Waals surface area contributed by atoms with Crippen molar-refractivity contribution in [2.75, 3.05) is 6.61 Å². The standard InChI is InChI=1S/C17H24N2O2/c20-17(8-9-21-12-13-4-2-1-3-5-13)19-16-10-14-6-7-15(11-16)18-14/h1-5,14-16,18H,6-12H2,(H,19,20). The molecule has 1 amide bonds. The van der Waals surface area contributed by atoms with Crippen molar-refractivity contribution in [3.05, 3.63) is 35.9 Å². The summed E-state index contributed by atoms with van der Waals surface area (Å²) in [6.07, 6.45) is 5.13. The van der Waals surface area contributed by atoms with Crippen LogP contribution in [0.5, 0.6) is 0 Å². The van der Waals surface area contributed by atoms with Crippen LogP contribution in [0.3, 0.4) is 0 Å². The number of carbonyl (C=O) groups is 1. The van der Waals surface area contributed by atoms with Crippen LogP contribution in [0.15, 0.2) is 30.3 Å². The minimum Gasteiger partial charge on any atom is -0.376 e. The van der Waals surface area contributed by atoms with Crippen LogP contribution in [0.25, 0.3) is 0 Å². The molecule has 4 nitrogen and oxygen atoms in total. The summed E-state index contributed by atoms with van der Waals surface area (Å²) in [5.74, 6) is 0.120. The number of rotatable bonds is 6. The Kier molecular flexibility index (Phi) is 4.88. The van der Waals surface area contributed by atoms with Crippen LogP contribution >= 0.6 is 0 Å². The zero-order valence-electron chi connectivity index (χ0n) is 12.4. The molecule has 2 aliphatic heterocycles. The Morgan fingerprint density at radius 2 is 1.90 bits per heavy atom. The van der Waals surface area contributed by atoms with Gasteiger partial charge in [-0.25, -0.2) is 0 Å². The largest absolute Gasteiger partial charge is 0.376 e. The number of carbonyl (C=O) groups excluding carboxylic acids is 1. The van der Waals surface area contributed by atoms with Crippen molar-refractivity contribution < 1.29 is 9.53 Å². The maximum Gasteiger partial charge on any atom is 0.222 e. The fourth-order valence-electron chi connectivity index (χ4n) is 3.40. The quantitative estimate of drug-likeness (QED) is 0.787. The molecule has 2 bridgehead atoms. The van der Waals surface area contributed by atoms with Gasteiger partial charge in [-0.15, -0.1) is 0 Å². The second-order valence-electron chi connectivity index (χ2n) is 6.16. The van der Waals surface area contributed by atoms with Gasteiger partial charge in [0, 0.05) is 24.5 Å². The van der Waals surface area contributed by atoms with Gasteiger partial charge in [0.15, 0.2) is 0 Å². The van der Waals surface area contributed by atoms with Gasteiger partial charge in [0.2, 0.25) is 5.91 Å². The highest BCUT2D eigenvalue weighted by atomic mass is 16.5. The predicted octanol–water partition coefficient (Wildman–Crippen LogP) is 1.99. The van der Waals surface area contributed by atoms with Gasteiger partial charge < -0.3 is 15.4 Å². The number of benzene rings is 1. The van der Waals surface area contributed by atoms with E-state index in [4.69, 9.17) is 4.74 Å². The van der Waals surface area contributed by atoms with Gasteiger partial charge >= 0.3 is 0 Å². The van der Waals surface area contributed by atoms with Crippen LogP contribution in [0.2, 0.25) is 0 Å². The highest BCUT2D eigenvalue weighted by molar-refractivity contribution is 5.76. The number of nitrogens with one attached hydrogen (secondary N) is 2. The van der Waals surface area contributed by atoms with Crippen molar-refractivity contribution in [1.29, 1.82) is 0 Å². The summed E-state index contributed by atoms with van der Waals surface area (Å²) in [6, 6.07) is 11.6. The molecule has 3 rings (SSSR count). The van der Waals surface area contributed by atoms with E-state index in [1.54, 1.807) is 0 Å². The Morgan fingerprint density at radius 1 is 1.19 bits per heavy atom. The van der Waals surface area contributed by atoms with Crippen LogP contribution in [0, 0.1) is 0 Å². The van der Waals surface area contributed by atoms with Crippen molar-refractivity contribution in [2.24, 2.45) is 0 Å². The maximum atomic E-state index is 11.9. The van der Waals surface area contributed by atoms with E-state index in [0.717, 1.165) is 18.4 Å². The molecule has 0 radical (unpaired) electrons. The molecule has 114 valence electrons. The van der Waals surface area contributed by atoms with E-state index in [-0.39, 0.29) is 5.91 Å². The molecule has 2 saturated heterocycles.